The van der Waals surface area contributed by atoms with Gasteiger partial charge in [-0.1, -0.05) is 29.4 Å². The molecule has 3 rings (SSSR count). The third-order valence-corrected chi connectivity index (χ3v) is 3.83. The van der Waals surface area contributed by atoms with Crippen LogP contribution in [0.2, 0.25) is 5.02 Å². The van der Waals surface area contributed by atoms with E-state index < -0.39 is 0 Å². The van der Waals surface area contributed by atoms with Gasteiger partial charge in [-0.3, -0.25) is 0 Å². The maximum atomic E-state index is 5.99. The Morgan fingerprint density at radius 2 is 2.26 bits per heavy atom. The number of hydrogen-bond donors (Lipinski definition) is 2. The molecular formula is C12H12ClN5S. The monoisotopic (exact) mass is 293 g/mol. The zero-order valence-corrected chi connectivity index (χ0v) is 11.8. The van der Waals surface area contributed by atoms with Crippen molar-refractivity contribution in [1.29, 1.82) is 0 Å². The summed E-state index contributed by atoms with van der Waals surface area (Å²) in [5, 5.41) is 4.74. The van der Waals surface area contributed by atoms with Crippen molar-refractivity contribution in [3.63, 3.8) is 0 Å². The Kier molecular flexibility index (Phi) is 3.12. The minimum atomic E-state index is 0.569. The highest BCUT2D eigenvalue weighted by Gasteiger charge is 2.15. The highest BCUT2D eigenvalue weighted by atomic mass is 35.5. The van der Waals surface area contributed by atoms with Crippen LogP contribution in [0, 0.1) is 0 Å². The Hall–Kier alpha value is -1.66. The van der Waals surface area contributed by atoms with Crippen LogP contribution in [0.15, 0.2) is 12.1 Å². The second kappa shape index (κ2) is 4.79. The summed E-state index contributed by atoms with van der Waals surface area (Å²) in [7, 11) is 0. The molecule has 0 aliphatic rings. The Morgan fingerprint density at radius 3 is 3.05 bits per heavy atom. The number of nitrogens with two attached hydrogens (primary N) is 1. The number of aryl methyl sites for hydroxylation is 1. The maximum absolute atomic E-state index is 5.99. The van der Waals surface area contributed by atoms with E-state index in [1.165, 1.54) is 11.5 Å². The molecule has 0 amide bonds. The van der Waals surface area contributed by atoms with E-state index in [-0.39, 0.29) is 0 Å². The molecule has 0 bridgehead atoms. The number of nitrogen functional groups attached to an aromatic ring is 1. The minimum absolute atomic E-state index is 0.569. The number of imidazole rings is 1. The van der Waals surface area contributed by atoms with Gasteiger partial charge in [0.25, 0.3) is 0 Å². The molecule has 0 spiro atoms. The lowest BCUT2D eigenvalue weighted by Crippen LogP contribution is -1.88. The number of hydrogen-bond acceptors (Lipinski definition) is 5. The number of halogens is 1. The minimum Gasteiger partial charge on any atom is -0.397 e. The largest absolute Gasteiger partial charge is 0.397 e. The molecule has 19 heavy (non-hydrogen) atoms. The van der Waals surface area contributed by atoms with Gasteiger partial charge in [-0.25, -0.2) is 4.98 Å². The standard InChI is InChI=1S/C12H12ClN5S/c1-2-3-8-11(19-18-17-8)12-15-9-5-6(13)4-7(14)10(9)16-12/h4-5H,2-3,14H2,1H3,(H,15,16). The first-order valence-corrected chi connectivity index (χ1v) is 7.10. The van der Waals surface area contributed by atoms with Crippen LogP contribution in [-0.2, 0) is 6.42 Å². The van der Waals surface area contributed by atoms with E-state index in [9.17, 15) is 0 Å². The van der Waals surface area contributed by atoms with E-state index in [1.807, 2.05) is 6.07 Å². The van der Waals surface area contributed by atoms with Crippen molar-refractivity contribution < 1.29 is 0 Å². The van der Waals surface area contributed by atoms with Crippen LogP contribution in [0.3, 0.4) is 0 Å². The second-order valence-corrected chi connectivity index (χ2v) is 5.47. The first-order chi connectivity index (χ1) is 9.19. The lowest BCUT2D eigenvalue weighted by Gasteiger charge is -1.94. The van der Waals surface area contributed by atoms with Crippen molar-refractivity contribution in [1.82, 2.24) is 19.6 Å². The molecule has 0 aliphatic carbocycles. The van der Waals surface area contributed by atoms with Gasteiger partial charge in [-0.15, -0.1) is 5.10 Å². The van der Waals surface area contributed by atoms with E-state index in [0.717, 1.165) is 40.3 Å². The number of nitrogens with one attached hydrogen (secondary N) is 1. The van der Waals surface area contributed by atoms with Crippen LogP contribution in [0.25, 0.3) is 21.7 Å². The van der Waals surface area contributed by atoms with Gasteiger partial charge in [0.05, 0.1) is 16.9 Å². The number of fused-ring (bicyclic) bond motifs is 1. The van der Waals surface area contributed by atoms with Crippen LogP contribution in [-0.4, -0.2) is 19.6 Å². The second-order valence-electron chi connectivity index (χ2n) is 4.28. The van der Waals surface area contributed by atoms with Crippen molar-refractivity contribution in [2.45, 2.75) is 19.8 Å². The van der Waals surface area contributed by atoms with Gasteiger partial charge in [-0.2, -0.15) is 0 Å². The number of nitrogens with zero attached hydrogens (tertiary/aromatic N) is 3. The van der Waals surface area contributed by atoms with Gasteiger partial charge < -0.3 is 10.7 Å². The average Bonchev–Trinajstić information content (AvgIpc) is 2.95. The van der Waals surface area contributed by atoms with E-state index in [2.05, 4.69) is 26.5 Å². The SMILES string of the molecule is CCCc1nnsc1-c1nc2c(N)cc(Cl)cc2[nH]1. The molecular weight excluding hydrogens is 282 g/mol. The van der Waals surface area contributed by atoms with Crippen molar-refractivity contribution in [3.05, 3.63) is 22.8 Å². The van der Waals surface area contributed by atoms with Gasteiger partial charge in [0.15, 0.2) is 5.82 Å². The van der Waals surface area contributed by atoms with Crippen molar-refractivity contribution >= 4 is 39.9 Å². The summed E-state index contributed by atoms with van der Waals surface area (Å²) in [6.45, 7) is 2.11. The normalized spacial score (nSPS) is 11.3. The molecule has 0 unspecified atom stereocenters. The fourth-order valence-corrected chi connectivity index (χ4v) is 2.88. The number of benzene rings is 1. The van der Waals surface area contributed by atoms with Crippen LogP contribution in [0.4, 0.5) is 5.69 Å². The zero-order chi connectivity index (χ0) is 13.4. The lowest BCUT2D eigenvalue weighted by atomic mass is 10.2. The predicted octanol–water partition coefficient (Wildman–Crippen LogP) is 3.27. The number of aromatic amines is 1. The van der Waals surface area contributed by atoms with Gasteiger partial charge in [-0.05, 0) is 30.1 Å². The van der Waals surface area contributed by atoms with Crippen molar-refractivity contribution in [2.24, 2.45) is 0 Å². The summed E-state index contributed by atoms with van der Waals surface area (Å²) < 4.78 is 4.00. The third kappa shape index (κ3) is 2.17. The molecule has 2 heterocycles. The first kappa shape index (κ1) is 12.4. The predicted molar refractivity (Wildman–Crippen MR) is 78.4 cm³/mol. The van der Waals surface area contributed by atoms with E-state index in [1.54, 1.807) is 6.07 Å². The molecule has 0 aliphatic heterocycles. The molecule has 0 fully saturated rings. The summed E-state index contributed by atoms with van der Waals surface area (Å²) in [4.78, 5) is 8.73. The van der Waals surface area contributed by atoms with Crippen LogP contribution >= 0.6 is 23.1 Å². The fraction of sp³-hybridized carbons (Fsp3) is 0.250. The molecule has 98 valence electrons. The van der Waals surface area contributed by atoms with Crippen molar-refractivity contribution in [3.8, 4) is 10.7 Å². The maximum Gasteiger partial charge on any atom is 0.152 e. The van der Waals surface area contributed by atoms with Gasteiger partial charge in [0.2, 0.25) is 0 Å². The summed E-state index contributed by atoms with van der Waals surface area (Å²) in [6, 6.07) is 3.52. The molecule has 2 aromatic heterocycles. The molecule has 7 heteroatoms. The molecule has 1 aromatic carbocycles. The molecule has 3 N–H and O–H groups in total. The lowest BCUT2D eigenvalue weighted by molar-refractivity contribution is 0.870. The van der Waals surface area contributed by atoms with Crippen LogP contribution in [0.1, 0.15) is 19.0 Å². The molecule has 3 aromatic rings. The highest BCUT2D eigenvalue weighted by molar-refractivity contribution is 7.09. The van der Waals surface area contributed by atoms with Gasteiger partial charge in [0.1, 0.15) is 10.4 Å². The smallest absolute Gasteiger partial charge is 0.152 e. The highest BCUT2D eigenvalue weighted by Crippen LogP contribution is 2.30. The van der Waals surface area contributed by atoms with E-state index >= 15 is 0 Å². The molecule has 0 saturated carbocycles. The summed E-state index contributed by atoms with van der Waals surface area (Å²) in [5.41, 5.74) is 9.02. The topological polar surface area (TPSA) is 80.5 Å². The Balaban J connectivity index is 2.15. The summed E-state index contributed by atoms with van der Waals surface area (Å²) in [5.74, 6) is 0.752. The number of aromatic nitrogens is 4. The number of H-pyrrole nitrogens is 1. The van der Waals surface area contributed by atoms with Gasteiger partial charge in [0, 0.05) is 5.02 Å². The molecule has 0 atom stereocenters. The zero-order valence-electron chi connectivity index (χ0n) is 10.3. The molecule has 0 saturated heterocycles. The molecule has 5 nitrogen and oxygen atoms in total. The van der Waals surface area contributed by atoms with Crippen LogP contribution < -0.4 is 5.73 Å². The summed E-state index contributed by atoms with van der Waals surface area (Å²) in [6.07, 6.45) is 1.91. The Morgan fingerprint density at radius 1 is 1.42 bits per heavy atom. The Bertz CT molecular complexity index is 733. The quantitative estimate of drug-likeness (QED) is 0.726. The molecule has 0 radical (unpaired) electrons. The van der Waals surface area contributed by atoms with Crippen LogP contribution in [0.5, 0.6) is 0 Å². The first-order valence-electron chi connectivity index (χ1n) is 5.95. The fourth-order valence-electron chi connectivity index (χ4n) is 2.00. The van der Waals surface area contributed by atoms with Crippen molar-refractivity contribution in [2.75, 3.05) is 5.73 Å². The summed E-state index contributed by atoms with van der Waals surface area (Å²) >= 11 is 7.33. The number of anilines is 1. The average molecular weight is 294 g/mol. The van der Waals surface area contributed by atoms with E-state index in [4.69, 9.17) is 17.3 Å². The number of rotatable bonds is 3. The van der Waals surface area contributed by atoms with E-state index in [0.29, 0.717) is 10.7 Å². The Labute approximate surface area is 119 Å². The van der Waals surface area contributed by atoms with Gasteiger partial charge >= 0.3 is 0 Å². The third-order valence-electron chi connectivity index (χ3n) is 2.84.